The minimum atomic E-state index is -1.38. The van der Waals surface area contributed by atoms with Crippen molar-refractivity contribution in [1.82, 2.24) is 0 Å². The van der Waals surface area contributed by atoms with Crippen LogP contribution in [0.2, 0.25) is 0 Å². The number of methoxy groups -OCH3 is 1. The molecule has 2 aromatic rings. The molecule has 24 heavy (non-hydrogen) atoms. The Bertz CT molecular complexity index is 772. The molecule has 2 aromatic carbocycles. The molecule has 5 nitrogen and oxygen atoms in total. The Morgan fingerprint density at radius 3 is 2.17 bits per heavy atom. The molecule has 0 aliphatic carbocycles. The fourth-order valence-electron chi connectivity index (χ4n) is 2.71. The summed E-state index contributed by atoms with van der Waals surface area (Å²) < 4.78 is 9.82. The van der Waals surface area contributed by atoms with E-state index in [-0.39, 0.29) is 5.75 Å². The fraction of sp³-hybridized carbons (Fsp3) is 0.263. The Labute approximate surface area is 140 Å². The van der Waals surface area contributed by atoms with Crippen LogP contribution in [0.5, 0.6) is 5.75 Å². The highest BCUT2D eigenvalue weighted by Crippen LogP contribution is 2.40. The van der Waals surface area contributed by atoms with Crippen molar-refractivity contribution < 1.29 is 24.2 Å². The normalized spacial score (nSPS) is 11.0. The second-order valence-corrected chi connectivity index (χ2v) is 6.33. The van der Waals surface area contributed by atoms with E-state index in [0.717, 1.165) is 5.56 Å². The van der Waals surface area contributed by atoms with Crippen LogP contribution in [0, 0.1) is 0 Å². The van der Waals surface area contributed by atoms with Crippen molar-refractivity contribution in [3.8, 4) is 16.9 Å². The van der Waals surface area contributed by atoms with Gasteiger partial charge in [0.2, 0.25) is 0 Å². The van der Waals surface area contributed by atoms with Crippen LogP contribution in [0.4, 0.5) is 4.79 Å². The molecule has 0 spiro atoms. The Morgan fingerprint density at radius 1 is 0.958 bits per heavy atom. The molecule has 0 bridgehead atoms. The van der Waals surface area contributed by atoms with Gasteiger partial charge in [0, 0.05) is 5.56 Å². The molecule has 0 unspecified atom stereocenters. The zero-order valence-corrected chi connectivity index (χ0v) is 14.1. The van der Waals surface area contributed by atoms with E-state index in [9.17, 15) is 9.59 Å². The zero-order chi connectivity index (χ0) is 17.9. The maximum absolute atomic E-state index is 12.1. The standard InChI is InChI=1S/C19H20O5/c1-19(2,3)16-13(10-7-11-15(16)24-18(21)22)12-8-5-6-9-14(12)17(20)23-4/h5-11H,1-4H3,(H,21,22). The van der Waals surface area contributed by atoms with E-state index < -0.39 is 17.5 Å². The second kappa shape index (κ2) is 6.74. The van der Waals surface area contributed by atoms with E-state index in [0.29, 0.717) is 16.7 Å². The van der Waals surface area contributed by atoms with Gasteiger partial charge in [0.15, 0.2) is 0 Å². The van der Waals surface area contributed by atoms with Gasteiger partial charge >= 0.3 is 12.1 Å². The van der Waals surface area contributed by atoms with Crippen molar-refractivity contribution in [1.29, 1.82) is 0 Å². The summed E-state index contributed by atoms with van der Waals surface area (Å²) in [4.78, 5) is 23.1. The number of hydrogen-bond acceptors (Lipinski definition) is 4. The lowest BCUT2D eigenvalue weighted by Gasteiger charge is -2.26. The minimum absolute atomic E-state index is 0.257. The molecule has 0 heterocycles. The zero-order valence-electron chi connectivity index (χ0n) is 14.1. The van der Waals surface area contributed by atoms with Gasteiger partial charge in [-0.15, -0.1) is 0 Å². The Morgan fingerprint density at radius 2 is 1.58 bits per heavy atom. The van der Waals surface area contributed by atoms with Gasteiger partial charge in [0.25, 0.3) is 0 Å². The number of carbonyl (C=O) groups excluding carboxylic acids is 1. The molecule has 0 aromatic heterocycles. The lowest BCUT2D eigenvalue weighted by molar-refractivity contribution is 0.0601. The van der Waals surface area contributed by atoms with Crippen LogP contribution >= 0.6 is 0 Å². The van der Waals surface area contributed by atoms with E-state index in [1.807, 2.05) is 32.9 Å². The lowest BCUT2D eigenvalue weighted by atomic mass is 9.80. The number of ether oxygens (including phenoxy) is 2. The van der Waals surface area contributed by atoms with E-state index in [1.54, 1.807) is 30.3 Å². The molecule has 0 aliphatic heterocycles. The summed E-state index contributed by atoms with van der Waals surface area (Å²) in [6, 6.07) is 12.2. The molecular weight excluding hydrogens is 308 g/mol. The van der Waals surface area contributed by atoms with Crippen molar-refractivity contribution in [3.05, 3.63) is 53.6 Å². The number of carbonyl (C=O) groups is 2. The topological polar surface area (TPSA) is 72.8 Å². The second-order valence-electron chi connectivity index (χ2n) is 6.33. The largest absolute Gasteiger partial charge is 0.511 e. The van der Waals surface area contributed by atoms with Crippen LogP contribution in [-0.4, -0.2) is 24.3 Å². The quantitative estimate of drug-likeness (QED) is 0.663. The summed E-state index contributed by atoms with van der Waals surface area (Å²) in [5.74, 6) is -0.192. The molecule has 0 radical (unpaired) electrons. The van der Waals surface area contributed by atoms with Gasteiger partial charge in [-0.25, -0.2) is 9.59 Å². The number of hydrogen-bond donors (Lipinski definition) is 1. The first-order valence-electron chi connectivity index (χ1n) is 7.47. The number of carboxylic acid groups (broad SMARTS) is 1. The summed E-state index contributed by atoms with van der Waals surface area (Å²) in [6.07, 6.45) is -1.38. The number of esters is 1. The molecular formula is C19H20O5. The Kier molecular flexibility index (Phi) is 4.93. The molecule has 1 N–H and O–H groups in total. The average molecular weight is 328 g/mol. The van der Waals surface area contributed by atoms with E-state index in [1.165, 1.54) is 7.11 Å². The van der Waals surface area contributed by atoms with Gasteiger partial charge in [0.05, 0.1) is 12.7 Å². The first-order valence-corrected chi connectivity index (χ1v) is 7.47. The van der Waals surface area contributed by atoms with E-state index in [4.69, 9.17) is 14.6 Å². The van der Waals surface area contributed by atoms with Gasteiger partial charge < -0.3 is 14.6 Å². The first kappa shape index (κ1) is 17.5. The van der Waals surface area contributed by atoms with Gasteiger partial charge in [-0.05, 0) is 28.7 Å². The molecule has 0 saturated heterocycles. The Hall–Kier alpha value is -2.82. The molecule has 0 aliphatic rings. The molecule has 0 fully saturated rings. The molecule has 126 valence electrons. The van der Waals surface area contributed by atoms with Crippen LogP contribution in [0.15, 0.2) is 42.5 Å². The third-order valence-electron chi connectivity index (χ3n) is 3.60. The summed E-state index contributed by atoms with van der Waals surface area (Å²) in [7, 11) is 1.33. The smallest absolute Gasteiger partial charge is 0.465 e. The van der Waals surface area contributed by atoms with E-state index >= 15 is 0 Å². The van der Waals surface area contributed by atoms with Gasteiger partial charge in [-0.2, -0.15) is 0 Å². The maximum atomic E-state index is 12.1. The molecule has 0 amide bonds. The maximum Gasteiger partial charge on any atom is 0.511 e. The van der Waals surface area contributed by atoms with E-state index in [2.05, 4.69) is 0 Å². The van der Waals surface area contributed by atoms with Crippen LogP contribution in [0.25, 0.3) is 11.1 Å². The fourth-order valence-corrected chi connectivity index (χ4v) is 2.71. The number of benzene rings is 2. The predicted molar refractivity (Wildman–Crippen MR) is 90.6 cm³/mol. The number of rotatable bonds is 3. The molecule has 0 atom stereocenters. The summed E-state index contributed by atoms with van der Waals surface area (Å²) in [6.45, 7) is 5.88. The summed E-state index contributed by atoms with van der Waals surface area (Å²) >= 11 is 0. The third-order valence-corrected chi connectivity index (χ3v) is 3.60. The van der Waals surface area contributed by atoms with Crippen molar-refractivity contribution in [2.24, 2.45) is 0 Å². The highest BCUT2D eigenvalue weighted by atomic mass is 16.7. The molecule has 5 heteroatoms. The average Bonchev–Trinajstić information content (AvgIpc) is 2.52. The highest BCUT2D eigenvalue weighted by Gasteiger charge is 2.26. The van der Waals surface area contributed by atoms with Crippen molar-refractivity contribution in [2.45, 2.75) is 26.2 Å². The summed E-state index contributed by atoms with van der Waals surface area (Å²) in [5, 5.41) is 9.00. The van der Waals surface area contributed by atoms with Crippen LogP contribution in [-0.2, 0) is 10.2 Å². The van der Waals surface area contributed by atoms with Crippen molar-refractivity contribution in [2.75, 3.05) is 7.11 Å². The highest BCUT2D eigenvalue weighted by molar-refractivity contribution is 5.98. The first-order chi connectivity index (χ1) is 11.3. The lowest BCUT2D eigenvalue weighted by Crippen LogP contribution is -2.17. The molecule has 2 rings (SSSR count). The van der Waals surface area contributed by atoms with Crippen molar-refractivity contribution in [3.63, 3.8) is 0 Å². The summed E-state index contributed by atoms with van der Waals surface area (Å²) in [5.41, 5.74) is 2.14. The van der Waals surface area contributed by atoms with Crippen LogP contribution in [0.3, 0.4) is 0 Å². The minimum Gasteiger partial charge on any atom is -0.465 e. The third kappa shape index (κ3) is 3.56. The van der Waals surface area contributed by atoms with Gasteiger partial charge in [-0.3, -0.25) is 0 Å². The van der Waals surface area contributed by atoms with Gasteiger partial charge in [-0.1, -0.05) is 51.1 Å². The van der Waals surface area contributed by atoms with Gasteiger partial charge in [0.1, 0.15) is 5.75 Å². The predicted octanol–water partition coefficient (Wildman–Crippen LogP) is 4.49. The SMILES string of the molecule is COC(=O)c1ccccc1-c1cccc(OC(=O)O)c1C(C)(C)C. The monoisotopic (exact) mass is 328 g/mol. The van der Waals surface area contributed by atoms with Crippen LogP contribution in [0.1, 0.15) is 36.7 Å². The Balaban J connectivity index is 2.76. The van der Waals surface area contributed by atoms with Crippen molar-refractivity contribution >= 4 is 12.1 Å². The van der Waals surface area contributed by atoms with Crippen LogP contribution < -0.4 is 4.74 Å². The molecule has 0 saturated carbocycles.